The van der Waals surface area contributed by atoms with Gasteiger partial charge < -0.3 is 9.88 Å². The highest BCUT2D eigenvalue weighted by Crippen LogP contribution is 2.26. The number of hydrogen-bond acceptors (Lipinski definition) is 6. The third-order valence-electron chi connectivity index (χ3n) is 5.13. The van der Waals surface area contributed by atoms with Crippen molar-refractivity contribution in [1.29, 1.82) is 0 Å². The molecule has 0 fully saturated rings. The van der Waals surface area contributed by atoms with Gasteiger partial charge in [0.05, 0.1) is 17.1 Å². The van der Waals surface area contributed by atoms with Crippen LogP contribution in [0.15, 0.2) is 96.4 Å². The Morgan fingerprint density at radius 2 is 1.68 bits per heavy atom. The molecule has 0 unspecified atom stereocenters. The second-order valence-electron chi connectivity index (χ2n) is 7.47. The first kappa shape index (κ1) is 21.6. The lowest BCUT2D eigenvalue weighted by molar-refractivity contribution is -0.113. The zero-order valence-corrected chi connectivity index (χ0v) is 19.2. The molecule has 3 aromatic heterocycles. The van der Waals surface area contributed by atoms with Crippen LogP contribution in [0.25, 0.3) is 28.3 Å². The normalized spacial score (nSPS) is 10.9. The van der Waals surface area contributed by atoms with E-state index < -0.39 is 0 Å². The Morgan fingerprint density at radius 3 is 2.41 bits per heavy atom. The molecule has 0 aliphatic carbocycles. The van der Waals surface area contributed by atoms with Gasteiger partial charge in [-0.1, -0.05) is 60.3 Å². The lowest BCUT2D eigenvalue weighted by Gasteiger charge is -2.08. The minimum absolute atomic E-state index is 0.160. The van der Waals surface area contributed by atoms with Crippen LogP contribution in [0, 0.1) is 0 Å². The van der Waals surface area contributed by atoms with Gasteiger partial charge in [-0.15, -0.1) is 10.2 Å². The Kier molecular flexibility index (Phi) is 6.17. The van der Waals surface area contributed by atoms with Crippen LogP contribution < -0.4 is 5.32 Å². The van der Waals surface area contributed by atoms with Crippen molar-refractivity contribution in [2.45, 2.75) is 5.16 Å². The molecule has 0 radical (unpaired) electrons. The van der Waals surface area contributed by atoms with E-state index >= 15 is 0 Å². The van der Waals surface area contributed by atoms with Crippen molar-refractivity contribution in [3.05, 3.63) is 91.3 Å². The number of benzene rings is 2. The largest absolute Gasteiger partial charge is 0.310 e. The van der Waals surface area contributed by atoms with Gasteiger partial charge in [-0.05, 0) is 24.3 Å². The Morgan fingerprint density at radius 1 is 0.941 bits per heavy atom. The van der Waals surface area contributed by atoms with Crippen LogP contribution in [0.5, 0.6) is 0 Å². The second-order valence-corrected chi connectivity index (χ2v) is 8.41. The first-order chi connectivity index (χ1) is 16.7. The quantitative estimate of drug-likeness (QED) is 0.356. The SMILES string of the molecule is Cn1c(SCC(=O)Nc2cc(-c3ccccc3)nn2-c2ccccc2)nnc1-c1cccnc1. The zero-order valence-electron chi connectivity index (χ0n) is 18.4. The summed E-state index contributed by atoms with van der Waals surface area (Å²) in [5.74, 6) is 1.32. The molecule has 2 aromatic carbocycles. The van der Waals surface area contributed by atoms with Crippen molar-refractivity contribution in [1.82, 2.24) is 29.5 Å². The number of carbonyl (C=O) groups excluding carboxylic acids is 1. The predicted molar refractivity (Wildman–Crippen MR) is 133 cm³/mol. The van der Waals surface area contributed by atoms with Crippen LogP contribution in [-0.2, 0) is 11.8 Å². The molecule has 1 amide bonds. The predicted octanol–water partition coefficient (Wildman–Crippen LogP) is 4.46. The van der Waals surface area contributed by atoms with E-state index in [1.54, 1.807) is 17.1 Å². The number of thioether (sulfide) groups is 1. The Balaban J connectivity index is 1.34. The molecule has 0 aliphatic rings. The van der Waals surface area contributed by atoms with Crippen LogP contribution in [0.2, 0.25) is 0 Å². The van der Waals surface area contributed by atoms with Gasteiger partial charge in [0.2, 0.25) is 5.91 Å². The summed E-state index contributed by atoms with van der Waals surface area (Å²) in [4.78, 5) is 17.0. The number of hydrogen-bond donors (Lipinski definition) is 1. The van der Waals surface area contributed by atoms with Crippen molar-refractivity contribution in [2.75, 3.05) is 11.1 Å². The summed E-state index contributed by atoms with van der Waals surface area (Å²) in [5.41, 5.74) is 3.49. The van der Waals surface area contributed by atoms with Crippen LogP contribution in [0.3, 0.4) is 0 Å². The van der Waals surface area contributed by atoms with E-state index in [1.165, 1.54) is 11.8 Å². The van der Waals surface area contributed by atoms with E-state index in [2.05, 4.69) is 20.5 Å². The topological polar surface area (TPSA) is 90.5 Å². The van der Waals surface area contributed by atoms with Crippen molar-refractivity contribution in [2.24, 2.45) is 7.05 Å². The first-order valence-corrected chi connectivity index (χ1v) is 11.6. The maximum absolute atomic E-state index is 12.9. The van der Waals surface area contributed by atoms with Crippen LogP contribution >= 0.6 is 11.8 Å². The summed E-state index contributed by atoms with van der Waals surface area (Å²) >= 11 is 1.32. The van der Waals surface area contributed by atoms with E-state index in [1.807, 2.05) is 90.5 Å². The van der Waals surface area contributed by atoms with E-state index in [9.17, 15) is 4.79 Å². The fourth-order valence-electron chi connectivity index (χ4n) is 3.48. The van der Waals surface area contributed by atoms with Crippen molar-refractivity contribution >= 4 is 23.5 Å². The number of nitrogens with zero attached hydrogens (tertiary/aromatic N) is 6. The van der Waals surface area contributed by atoms with Gasteiger partial charge in [-0.25, -0.2) is 4.68 Å². The number of aromatic nitrogens is 6. The lowest BCUT2D eigenvalue weighted by atomic mass is 10.2. The fourth-order valence-corrected chi connectivity index (χ4v) is 4.19. The third kappa shape index (κ3) is 4.60. The first-order valence-electron chi connectivity index (χ1n) is 10.6. The van der Waals surface area contributed by atoms with E-state index in [0.717, 1.165) is 22.5 Å². The molecule has 0 spiro atoms. The summed E-state index contributed by atoms with van der Waals surface area (Å²) in [7, 11) is 1.87. The van der Waals surface area contributed by atoms with E-state index in [0.29, 0.717) is 16.8 Å². The molecule has 0 bridgehead atoms. The molecule has 168 valence electrons. The molecule has 0 aliphatic heterocycles. The number of amides is 1. The van der Waals surface area contributed by atoms with Crippen LogP contribution in [0.1, 0.15) is 0 Å². The molecule has 3 heterocycles. The van der Waals surface area contributed by atoms with Crippen molar-refractivity contribution in [3.8, 4) is 28.3 Å². The number of nitrogens with one attached hydrogen (secondary N) is 1. The van der Waals surface area contributed by atoms with E-state index in [-0.39, 0.29) is 11.7 Å². The molecule has 34 heavy (non-hydrogen) atoms. The minimum Gasteiger partial charge on any atom is -0.310 e. The molecule has 0 saturated carbocycles. The monoisotopic (exact) mass is 467 g/mol. The molecule has 5 rings (SSSR count). The average molecular weight is 468 g/mol. The summed E-state index contributed by atoms with van der Waals surface area (Å²) in [5, 5.41) is 16.9. The minimum atomic E-state index is -0.160. The number of carbonyl (C=O) groups is 1. The van der Waals surface area contributed by atoms with Crippen molar-refractivity contribution in [3.63, 3.8) is 0 Å². The maximum Gasteiger partial charge on any atom is 0.236 e. The Bertz CT molecular complexity index is 1400. The Labute approximate surface area is 200 Å². The summed E-state index contributed by atoms with van der Waals surface area (Å²) in [6, 6.07) is 25.3. The smallest absolute Gasteiger partial charge is 0.236 e. The van der Waals surface area contributed by atoms with Crippen molar-refractivity contribution < 1.29 is 4.79 Å². The standard InChI is InChI=1S/C25H21N7OS/c1-31-24(19-11-8-14-26-16-19)28-29-25(31)34-17-23(33)27-22-15-21(18-9-4-2-5-10-18)30-32(22)20-12-6-3-7-13-20/h2-16H,17H2,1H3,(H,27,33). The van der Waals surface area contributed by atoms with Gasteiger partial charge in [-0.3, -0.25) is 9.78 Å². The zero-order chi connectivity index (χ0) is 23.3. The van der Waals surface area contributed by atoms with Gasteiger partial charge in [0, 0.05) is 36.6 Å². The highest BCUT2D eigenvalue weighted by Gasteiger charge is 2.16. The maximum atomic E-state index is 12.9. The van der Waals surface area contributed by atoms with Gasteiger partial charge in [-0.2, -0.15) is 5.10 Å². The molecule has 8 nitrogen and oxygen atoms in total. The number of rotatable bonds is 7. The molecule has 1 N–H and O–H groups in total. The average Bonchev–Trinajstić information content (AvgIpc) is 3.48. The summed E-state index contributed by atoms with van der Waals surface area (Å²) in [6.45, 7) is 0. The molecule has 5 aromatic rings. The summed E-state index contributed by atoms with van der Waals surface area (Å²) in [6.07, 6.45) is 3.45. The molecule has 9 heteroatoms. The molecule has 0 saturated heterocycles. The van der Waals surface area contributed by atoms with Gasteiger partial charge in [0.25, 0.3) is 0 Å². The number of pyridine rings is 1. The van der Waals surface area contributed by atoms with Gasteiger partial charge in [0.15, 0.2) is 11.0 Å². The highest BCUT2D eigenvalue weighted by molar-refractivity contribution is 7.99. The lowest BCUT2D eigenvalue weighted by Crippen LogP contribution is -2.17. The molecular formula is C25H21N7OS. The molecule has 0 atom stereocenters. The van der Waals surface area contributed by atoms with Gasteiger partial charge in [0.1, 0.15) is 5.82 Å². The van der Waals surface area contributed by atoms with Crippen LogP contribution in [-0.4, -0.2) is 41.2 Å². The number of anilines is 1. The van der Waals surface area contributed by atoms with Gasteiger partial charge >= 0.3 is 0 Å². The fraction of sp³-hybridized carbons (Fsp3) is 0.0800. The second kappa shape index (κ2) is 9.72. The van der Waals surface area contributed by atoms with E-state index in [4.69, 9.17) is 5.10 Å². The third-order valence-corrected chi connectivity index (χ3v) is 6.15. The number of para-hydroxylation sites is 1. The van der Waals surface area contributed by atoms with Crippen LogP contribution in [0.4, 0.5) is 5.82 Å². The Hall–Kier alpha value is -4.24. The summed E-state index contributed by atoms with van der Waals surface area (Å²) < 4.78 is 3.60. The molecular weight excluding hydrogens is 446 g/mol. The highest BCUT2D eigenvalue weighted by atomic mass is 32.2.